The summed E-state index contributed by atoms with van der Waals surface area (Å²) in [7, 11) is -1.97. The van der Waals surface area contributed by atoms with Crippen LogP contribution in [0.5, 0.6) is 0 Å². The molecule has 0 saturated carbocycles. The number of rotatable bonds is 10. The zero-order valence-electron chi connectivity index (χ0n) is 17.6. The number of Topliss-reactive ketones (excluding diaryl/α,β-unsaturated/α-hetero) is 1. The van der Waals surface area contributed by atoms with E-state index < -0.39 is 8.32 Å². The maximum Gasteiger partial charge on any atom is 0.192 e. The Kier molecular flexibility index (Phi) is 8.94. The van der Waals surface area contributed by atoms with Crippen LogP contribution >= 0.6 is 0 Å². The fourth-order valence-corrected chi connectivity index (χ4v) is 3.74. The molecule has 26 heavy (non-hydrogen) atoms. The molecule has 0 bridgehead atoms. The number of carbonyl (C=O) groups excluding carboxylic acids is 1. The van der Waals surface area contributed by atoms with Crippen molar-refractivity contribution in [2.45, 2.75) is 78.3 Å². The molecule has 0 heterocycles. The van der Waals surface area contributed by atoms with Crippen LogP contribution < -0.4 is 0 Å². The van der Waals surface area contributed by atoms with Crippen molar-refractivity contribution in [2.75, 3.05) is 6.61 Å². The molecule has 0 aliphatic rings. The fraction of sp³-hybridized carbons (Fsp3) is 0.591. The van der Waals surface area contributed by atoms with Gasteiger partial charge in [-0.05, 0) is 42.6 Å². The molecule has 0 radical (unpaired) electrons. The van der Waals surface area contributed by atoms with Crippen molar-refractivity contribution in [3.05, 3.63) is 47.5 Å². The van der Waals surface area contributed by atoms with Crippen LogP contribution in [0.1, 0.15) is 53.0 Å². The molecule has 146 valence electrons. The van der Waals surface area contributed by atoms with Crippen molar-refractivity contribution in [3.63, 3.8) is 0 Å². The summed E-state index contributed by atoms with van der Waals surface area (Å²) in [5.41, 5.74) is 1.95. The first-order valence-electron chi connectivity index (χ1n) is 9.56. The standard InChI is InChI=1S/C22H36O3Si/c1-8-12-18(2)21(23)15-20(25-26(6,7)22(3,4)5)17-24-16-19-13-10-9-11-14-19/h9-14,20H,8,15-17H2,1-7H3/b18-12+/t20-/m1/s1. The first kappa shape index (κ1) is 22.8. The number of benzene rings is 1. The van der Waals surface area contributed by atoms with Gasteiger partial charge in [-0.25, -0.2) is 0 Å². The van der Waals surface area contributed by atoms with Crippen LogP contribution in [0.25, 0.3) is 0 Å². The highest BCUT2D eigenvalue weighted by Crippen LogP contribution is 2.37. The summed E-state index contributed by atoms with van der Waals surface area (Å²) in [5.74, 6) is 0.152. The van der Waals surface area contributed by atoms with Crippen LogP contribution in [-0.4, -0.2) is 26.8 Å². The number of carbonyl (C=O) groups is 1. The molecule has 0 N–H and O–H groups in total. The number of ketones is 1. The third kappa shape index (κ3) is 7.56. The first-order chi connectivity index (χ1) is 12.1. The van der Waals surface area contributed by atoms with Gasteiger partial charge in [0.05, 0.1) is 19.3 Å². The van der Waals surface area contributed by atoms with Crippen LogP contribution in [0.2, 0.25) is 18.1 Å². The Bertz CT molecular complexity index is 585. The number of allylic oxidation sites excluding steroid dienone is 2. The topological polar surface area (TPSA) is 35.5 Å². The molecule has 3 nitrogen and oxygen atoms in total. The molecular weight excluding hydrogens is 340 g/mol. The van der Waals surface area contributed by atoms with Gasteiger partial charge in [0.15, 0.2) is 14.1 Å². The van der Waals surface area contributed by atoms with Gasteiger partial charge < -0.3 is 9.16 Å². The smallest absolute Gasteiger partial charge is 0.192 e. The Morgan fingerprint density at radius 1 is 1.19 bits per heavy atom. The van der Waals surface area contributed by atoms with E-state index in [4.69, 9.17) is 9.16 Å². The predicted octanol–water partition coefficient (Wildman–Crippen LogP) is 5.91. The Morgan fingerprint density at radius 3 is 2.35 bits per heavy atom. The van der Waals surface area contributed by atoms with E-state index in [9.17, 15) is 4.79 Å². The fourth-order valence-electron chi connectivity index (χ4n) is 2.40. The van der Waals surface area contributed by atoms with Crippen molar-refractivity contribution >= 4 is 14.1 Å². The second-order valence-corrected chi connectivity index (χ2v) is 13.2. The highest BCUT2D eigenvalue weighted by atomic mass is 28.4. The lowest BCUT2D eigenvalue weighted by atomic mass is 10.1. The summed E-state index contributed by atoms with van der Waals surface area (Å²) < 4.78 is 12.4. The number of hydrogen-bond acceptors (Lipinski definition) is 3. The molecule has 0 aromatic heterocycles. The largest absolute Gasteiger partial charge is 0.411 e. The summed E-state index contributed by atoms with van der Waals surface area (Å²) in [6, 6.07) is 10.1. The molecule has 0 saturated heterocycles. The molecule has 0 spiro atoms. The molecule has 4 heteroatoms. The summed E-state index contributed by atoms with van der Waals surface area (Å²) in [5, 5.41) is 0.0992. The van der Waals surface area contributed by atoms with Gasteiger partial charge in [-0.15, -0.1) is 0 Å². The molecule has 1 aromatic carbocycles. The van der Waals surface area contributed by atoms with Gasteiger partial charge in [0.25, 0.3) is 0 Å². The van der Waals surface area contributed by atoms with E-state index >= 15 is 0 Å². The summed E-state index contributed by atoms with van der Waals surface area (Å²) in [6.45, 7) is 16.0. The molecule has 1 aromatic rings. The normalized spacial score (nSPS) is 14.3. The van der Waals surface area contributed by atoms with Crippen molar-refractivity contribution in [1.29, 1.82) is 0 Å². The van der Waals surface area contributed by atoms with Gasteiger partial charge in [-0.3, -0.25) is 4.79 Å². The number of hydrogen-bond donors (Lipinski definition) is 0. The summed E-state index contributed by atoms with van der Waals surface area (Å²) in [6.07, 6.45) is 3.03. The van der Waals surface area contributed by atoms with E-state index in [-0.39, 0.29) is 16.9 Å². The molecule has 0 unspecified atom stereocenters. The lowest BCUT2D eigenvalue weighted by Crippen LogP contribution is -2.45. The van der Waals surface area contributed by atoms with Gasteiger partial charge in [0.1, 0.15) is 0 Å². The van der Waals surface area contributed by atoms with E-state index in [1.165, 1.54) is 0 Å². The van der Waals surface area contributed by atoms with E-state index in [1.807, 2.05) is 50.3 Å². The monoisotopic (exact) mass is 376 g/mol. The predicted molar refractivity (Wildman–Crippen MR) is 112 cm³/mol. The number of ether oxygens (including phenoxy) is 1. The second kappa shape index (κ2) is 10.2. The first-order valence-corrected chi connectivity index (χ1v) is 12.5. The van der Waals surface area contributed by atoms with Gasteiger partial charge in [0, 0.05) is 6.42 Å². The Morgan fingerprint density at radius 2 is 1.81 bits per heavy atom. The SMILES string of the molecule is CC/C=C(\C)C(=O)C[C@H](COCc1ccccc1)O[Si](C)(C)C(C)(C)C. The maximum absolute atomic E-state index is 12.5. The highest BCUT2D eigenvalue weighted by Gasteiger charge is 2.39. The molecule has 1 atom stereocenters. The second-order valence-electron chi connectivity index (χ2n) is 8.42. The quantitative estimate of drug-likeness (QED) is 0.376. The van der Waals surface area contributed by atoms with Crippen molar-refractivity contribution in [2.24, 2.45) is 0 Å². The minimum Gasteiger partial charge on any atom is -0.411 e. The van der Waals surface area contributed by atoms with E-state index in [1.54, 1.807) is 0 Å². The van der Waals surface area contributed by atoms with Crippen molar-refractivity contribution in [3.8, 4) is 0 Å². The van der Waals surface area contributed by atoms with Crippen LogP contribution in [-0.2, 0) is 20.6 Å². The molecule has 0 fully saturated rings. The van der Waals surface area contributed by atoms with Crippen molar-refractivity contribution < 1.29 is 14.0 Å². The molecule has 1 rings (SSSR count). The lowest BCUT2D eigenvalue weighted by Gasteiger charge is -2.39. The summed E-state index contributed by atoms with van der Waals surface area (Å²) >= 11 is 0. The Balaban J connectivity index is 2.77. The minimum atomic E-state index is -1.97. The third-order valence-electron chi connectivity index (χ3n) is 5.05. The molecule has 0 aliphatic carbocycles. The lowest BCUT2D eigenvalue weighted by molar-refractivity contribution is -0.118. The van der Waals surface area contributed by atoms with Gasteiger partial charge >= 0.3 is 0 Å². The van der Waals surface area contributed by atoms with Crippen LogP contribution in [0.4, 0.5) is 0 Å². The van der Waals surface area contributed by atoms with Gasteiger partial charge in [-0.2, -0.15) is 0 Å². The average Bonchev–Trinajstić information content (AvgIpc) is 2.54. The molecule has 0 aliphatic heterocycles. The zero-order valence-corrected chi connectivity index (χ0v) is 18.6. The zero-order chi connectivity index (χ0) is 19.8. The Hall–Kier alpha value is -1.23. The van der Waals surface area contributed by atoms with Crippen LogP contribution in [0, 0.1) is 0 Å². The van der Waals surface area contributed by atoms with Crippen molar-refractivity contribution in [1.82, 2.24) is 0 Å². The molecule has 0 amide bonds. The van der Waals surface area contributed by atoms with Crippen LogP contribution in [0.15, 0.2) is 42.0 Å². The minimum absolute atomic E-state index is 0.0992. The van der Waals surface area contributed by atoms with E-state index in [2.05, 4.69) is 33.9 Å². The van der Waals surface area contributed by atoms with E-state index in [0.29, 0.717) is 19.6 Å². The molecular formula is C22H36O3Si. The Labute approximate surface area is 160 Å². The maximum atomic E-state index is 12.5. The summed E-state index contributed by atoms with van der Waals surface area (Å²) in [4.78, 5) is 12.5. The van der Waals surface area contributed by atoms with Gasteiger partial charge in [0.2, 0.25) is 0 Å². The third-order valence-corrected chi connectivity index (χ3v) is 9.58. The van der Waals surface area contributed by atoms with Crippen LogP contribution in [0.3, 0.4) is 0 Å². The van der Waals surface area contributed by atoms with Gasteiger partial charge in [-0.1, -0.05) is 64.1 Å². The van der Waals surface area contributed by atoms with E-state index in [0.717, 1.165) is 17.6 Å². The highest BCUT2D eigenvalue weighted by molar-refractivity contribution is 6.74. The average molecular weight is 377 g/mol.